The maximum Gasteiger partial charge on any atom is 0.326 e. The maximum atomic E-state index is 12.2. The first kappa shape index (κ1) is 13.7. The average Bonchev–Trinajstić information content (AvgIpc) is 2.83. The van der Waals surface area contributed by atoms with Gasteiger partial charge in [-0.15, -0.1) is 0 Å². The summed E-state index contributed by atoms with van der Waals surface area (Å²) in [6.07, 6.45) is 1.61. The number of piperidine rings is 1. The molecule has 3 rings (SSSR count). The number of aromatic amines is 1. The van der Waals surface area contributed by atoms with Crippen LogP contribution in [0.25, 0.3) is 11.0 Å². The molecule has 1 aromatic heterocycles. The van der Waals surface area contributed by atoms with Crippen molar-refractivity contribution in [3.8, 4) is 0 Å². The highest BCUT2D eigenvalue weighted by atomic mass is 16.2. The molecule has 1 saturated heterocycles. The smallest absolute Gasteiger partial charge is 0.326 e. The fourth-order valence-electron chi connectivity index (χ4n) is 3.03. The Hall–Kier alpha value is -2.24. The number of para-hydroxylation sites is 2. The number of H-pyrrole nitrogens is 1. The van der Waals surface area contributed by atoms with Gasteiger partial charge in [0.25, 0.3) is 0 Å². The highest BCUT2D eigenvalue weighted by Gasteiger charge is 2.25. The Bertz CT molecular complexity index is 695. The van der Waals surface area contributed by atoms with Crippen LogP contribution in [0.5, 0.6) is 0 Å². The molecule has 1 aliphatic heterocycles. The van der Waals surface area contributed by atoms with Crippen molar-refractivity contribution in [3.63, 3.8) is 0 Å². The maximum absolute atomic E-state index is 12.2. The van der Waals surface area contributed by atoms with Crippen LogP contribution in [0.3, 0.4) is 0 Å². The van der Waals surface area contributed by atoms with Gasteiger partial charge in [0, 0.05) is 25.7 Å². The predicted octanol–water partition coefficient (Wildman–Crippen LogP) is 1.70. The van der Waals surface area contributed by atoms with Gasteiger partial charge in [-0.1, -0.05) is 12.1 Å². The number of rotatable bonds is 2. The summed E-state index contributed by atoms with van der Waals surface area (Å²) in [4.78, 5) is 28.7. The molecule has 0 radical (unpaired) electrons. The van der Waals surface area contributed by atoms with Gasteiger partial charge < -0.3 is 15.2 Å². The molecule has 6 heteroatoms. The van der Waals surface area contributed by atoms with Crippen LogP contribution in [0.1, 0.15) is 25.8 Å². The van der Waals surface area contributed by atoms with Crippen LogP contribution in [0, 0.1) is 0 Å². The van der Waals surface area contributed by atoms with E-state index >= 15 is 0 Å². The second-order valence-electron chi connectivity index (χ2n) is 5.37. The lowest BCUT2D eigenvalue weighted by Crippen LogP contribution is -2.45. The average molecular weight is 288 g/mol. The predicted molar refractivity (Wildman–Crippen MR) is 81.5 cm³/mol. The summed E-state index contributed by atoms with van der Waals surface area (Å²) in [5.74, 6) is 0. The Morgan fingerprint density at radius 2 is 2.05 bits per heavy atom. The van der Waals surface area contributed by atoms with E-state index in [9.17, 15) is 9.59 Å². The van der Waals surface area contributed by atoms with Crippen molar-refractivity contribution in [2.75, 3.05) is 19.6 Å². The topological polar surface area (TPSA) is 70.1 Å². The van der Waals surface area contributed by atoms with E-state index in [1.54, 1.807) is 0 Å². The van der Waals surface area contributed by atoms with Crippen molar-refractivity contribution in [1.29, 1.82) is 0 Å². The first-order valence-corrected chi connectivity index (χ1v) is 7.42. The van der Waals surface area contributed by atoms with Crippen LogP contribution >= 0.6 is 0 Å². The van der Waals surface area contributed by atoms with Crippen molar-refractivity contribution < 1.29 is 4.79 Å². The van der Waals surface area contributed by atoms with Gasteiger partial charge in [-0.25, -0.2) is 9.59 Å². The van der Waals surface area contributed by atoms with Gasteiger partial charge in [0.2, 0.25) is 0 Å². The molecule has 0 atom stereocenters. The number of amides is 2. The molecular formula is C15H20N4O2. The third-order valence-corrected chi connectivity index (χ3v) is 4.07. The standard InChI is InChI=1S/C15H20N4O2/c1-2-16-14(20)18-9-7-11(8-10-18)19-13-6-4-3-5-12(13)17-15(19)21/h3-6,11H,2,7-10H2,1H3,(H,16,20)(H,17,21). The number of aromatic nitrogens is 2. The van der Waals surface area contributed by atoms with Crippen molar-refractivity contribution in [2.24, 2.45) is 0 Å². The number of imidazole rings is 1. The van der Waals surface area contributed by atoms with Gasteiger partial charge in [-0.3, -0.25) is 4.57 Å². The fourth-order valence-corrected chi connectivity index (χ4v) is 3.03. The third-order valence-electron chi connectivity index (χ3n) is 4.07. The first-order chi connectivity index (χ1) is 10.2. The Labute approximate surface area is 122 Å². The summed E-state index contributed by atoms with van der Waals surface area (Å²) >= 11 is 0. The van der Waals surface area contributed by atoms with Crippen LogP contribution < -0.4 is 11.0 Å². The van der Waals surface area contributed by atoms with E-state index < -0.39 is 0 Å². The van der Waals surface area contributed by atoms with E-state index in [1.165, 1.54) is 0 Å². The largest absolute Gasteiger partial charge is 0.338 e. The molecule has 2 heterocycles. The Kier molecular flexibility index (Phi) is 3.68. The quantitative estimate of drug-likeness (QED) is 0.883. The lowest BCUT2D eigenvalue weighted by atomic mass is 10.0. The minimum atomic E-state index is -0.0624. The molecule has 1 aromatic carbocycles. The zero-order chi connectivity index (χ0) is 14.8. The first-order valence-electron chi connectivity index (χ1n) is 7.42. The second kappa shape index (κ2) is 5.63. The molecule has 0 saturated carbocycles. The third kappa shape index (κ3) is 2.53. The van der Waals surface area contributed by atoms with E-state index in [-0.39, 0.29) is 17.8 Å². The van der Waals surface area contributed by atoms with Crippen LogP contribution in [0.4, 0.5) is 4.79 Å². The fraction of sp³-hybridized carbons (Fsp3) is 0.467. The van der Waals surface area contributed by atoms with Crippen LogP contribution in [-0.4, -0.2) is 40.1 Å². The summed E-state index contributed by atoms with van der Waals surface area (Å²) < 4.78 is 1.84. The van der Waals surface area contributed by atoms with Crippen molar-refractivity contribution >= 4 is 17.1 Å². The number of nitrogens with zero attached hydrogens (tertiary/aromatic N) is 2. The molecule has 21 heavy (non-hydrogen) atoms. The second-order valence-corrected chi connectivity index (χ2v) is 5.37. The monoisotopic (exact) mass is 288 g/mol. The molecular weight excluding hydrogens is 268 g/mol. The van der Waals surface area contributed by atoms with E-state index in [1.807, 2.05) is 40.7 Å². The van der Waals surface area contributed by atoms with Crippen molar-refractivity contribution in [1.82, 2.24) is 19.8 Å². The minimum Gasteiger partial charge on any atom is -0.338 e. The summed E-state index contributed by atoms with van der Waals surface area (Å²) in [5, 5.41) is 2.82. The zero-order valence-electron chi connectivity index (χ0n) is 12.1. The molecule has 2 aromatic rings. The molecule has 0 unspecified atom stereocenters. The van der Waals surface area contributed by atoms with Crippen LogP contribution in [-0.2, 0) is 0 Å². The molecule has 1 aliphatic rings. The normalized spacial score (nSPS) is 16.3. The van der Waals surface area contributed by atoms with Gasteiger partial charge in [0.15, 0.2) is 0 Å². The molecule has 2 N–H and O–H groups in total. The molecule has 2 amide bonds. The number of benzene rings is 1. The molecule has 0 aliphatic carbocycles. The van der Waals surface area contributed by atoms with E-state index in [2.05, 4.69) is 10.3 Å². The number of urea groups is 1. The number of likely N-dealkylation sites (tertiary alicyclic amines) is 1. The number of fused-ring (bicyclic) bond motifs is 1. The summed E-state index contributed by atoms with van der Waals surface area (Å²) in [5.41, 5.74) is 1.75. The number of carbonyl (C=O) groups excluding carboxylic acids is 1. The highest BCUT2D eigenvalue weighted by Crippen LogP contribution is 2.24. The van der Waals surface area contributed by atoms with E-state index in [0.29, 0.717) is 19.6 Å². The van der Waals surface area contributed by atoms with E-state index in [0.717, 1.165) is 23.9 Å². The molecule has 6 nitrogen and oxygen atoms in total. The molecule has 1 fully saturated rings. The lowest BCUT2D eigenvalue weighted by Gasteiger charge is -2.32. The summed E-state index contributed by atoms with van der Waals surface area (Å²) in [6.45, 7) is 3.92. The molecule has 112 valence electrons. The lowest BCUT2D eigenvalue weighted by molar-refractivity contribution is 0.172. The Morgan fingerprint density at radius 1 is 1.33 bits per heavy atom. The van der Waals surface area contributed by atoms with Crippen molar-refractivity contribution in [3.05, 3.63) is 34.7 Å². The number of hydrogen-bond acceptors (Lipinski definition) is 2. The zero-order valence-corrected chi connectivity index (χ0v) is 12.1. The number of hydrogen-bond donors (Lipinski definition) is 2. The Balaban J connectivity index is 1.79. The van der Waals surface area contributed by atoms with Crippen LogP contribution in [0.15, 0.2) is 29.1 Å². The highest BCUT2D eigenvalue weighted by molar-refractivity contribution is 5.75. The summed E-state index contributed by atoms with van der Waals surface area (Å²) in [6, 6.07) is 7.87. The minimum absolute atomic E-state index is 0.0118. The van der Waals surface area contributed by atoms with Gasteiger partial charge in [0.1, 0.15) is 0 Å². The number of nitrogens with one attached hydrogen (secondary N) is 2. The van der Waals surface area contributed by atoms with Crippen molar-refractivity contribution in [2.45, 2.75) is 25.8 Å². The Morgan fingerprint density at radius 3 is 2.76 bits per heavy atom. The molecule has 0 spiro atoms. The summed E-state index contributed by atoms with van der Waals surface area (Å²) in [7, 11) is 0. The van der Waals surface area contributed by atoms with Crippen LogP contribution in [0.2, 0.25) is 0 Å². The number of carbonyl (C=O) groups is 1. The van der Waals surface area contributed by atoms with Gasteiger partial charge >= 0.3 is 11.7 Å². The molecule has 0 bridgehead atoms. The van der Waals surface area contributed by atoms with Gasteiger partial charge in [0.05, 0.1) is 11.0 Å². The van der Waals surface area contributed by atoms with Gasteiger partial charge in [-0.2, -0.15) is 0 Å². The SMILES string of the molecule is CCNC(=O)N1CCC(n2c(=O)[nH]c3ccccc32)CC1. The van der Waals surface area contributed by atoms with E-state index in [4.69, 9.17) is 0 Å². The van der Waals surface area contributed by atoms with Gasteiger partial charge in [-0.05, 0) is 31.9 Å².